The maximum Gasteiger partial charge on any atom is 0.330 e. The number of hydrogen-bond donors (Lipinski definition) is 3. The van der Waals surface area contributed by atoms with Crippen molar-refractivity contribution in [2.45, 2.75) is 47.1 Å². The fourth-order valence-corrected chi connectivity index (χ4v) is 1.66. The molecule has 0 aliphatic carbocycles. The van der Waals surface area contributed by atoms with Gasteiger partial charge in [0.05, 0.1) is 0 Å². The monoisotopic (exact) mass is 268 g/mol. The summed E-state index contributed by atoms with van der Waals surface area (Å²) >= 11 is 0. The van der Waals surface area contributed by atoms with E-state index in [9.17, 15) is 9.59 Å². The van der Waals surface area contributed by atoms with E-state index in [0.717, 1.165) is 12.8 Å². The van der Waals surface area contributed by atoms with Crippen LogP contribution in [0.4, 0.5) is 11.5 Å². The van der Waals surface area contributed by atoms with Crippen molar-refractivity contribution in [3.8, 4) is 0 Å². The van der Waals surface area contributed by atoms with Gasteiger partial charge in [-0.3, -0.25) is 14.3 Å². The average Bonchev–Trinajstić information content (AvgIpc) is 2.34. The molecule has 4 N–H and O–H groups in total. The van der Waals surface area contributed by atoms with Crippen LogP contribution in [-0.4, -0.2) is 16.1 Å². The standard InChI is InChI=1S/C13H24N4O2/c1-5-7-17-10(14)9(11(18)16-12(17)19)15-8-13(3,4)6-2/h15H,5-8,14H2,1-4H3,(H,16,18,19). The zero-order valence-corrected chi connectivity index (χ0v) is 12.2. The third-order valence-corrected chi connectivity index (χ3v) is 3.39. The van der Waals surface area contributed by atoms with Crippen LogP contribution in [0.5, 0.6) is 0 Å². The quantitative estimate of drug-likeness (QED) is 0.726. The van der Waals surface area contributed by atoms with Gasteiger partial charge in [0, 0.05) is 13.1 Å². The lowest BCUT2D eigenvalue weighted by Gasteiger charge is -2.24. The molecule has 0 saturated carbocycles. The van der Waals surface area contributed by atoms with E-state index in [1.807, 2.05) is 6.92 Å². The SMILES string of the molecule is CCCn1c(N)c(NCC(C)(C)CC)c(=O)[nH]c1=O. The van der Waals surface area contributed by atoms with Crippen molar-refractivity contribution in [2.75, 3.05) is 17.6 Å². The van der Waals surface area contributed by atoms with Crippen LogP contribution in [0.1, 0.15) is 40.5 Å². The van der Waals surface area contributed by atoms with Crippen LogP contribution >= 0.6 is 0 Å². The highest BCUT2D eigenvalue weighted by atomic mass is 16.2. The number of anilines is 2. The summed E-state index contributed by atoms with van der Waals surface area (Å²) in [4.78, 5) is 25.8. The van der Waals surface area contributed by atoms with E-state index >= 15 is 0 Å². The third kappa shape index (κ3) is 3.62. The van der Waals surface area contributed by atoms with Gasteiger partial charge in [-0.25, -0.2) is 4.79 Å². The van der Waals surface area contributed by atoms with Crippen molar-refractivity contribution in [1.82, 2.24) is 9.55 Å². The molecule has 1 aromatic heterocycles. The van der Waals surface area contributed by atoms with Gasteiger partial charge < -0.3 is 11.1 Å². The van der Waals surface area contributed by atoms with Gasteiger partial charge in [0.2, 0.25) is 0 Å². The number of H-pyrrole nitrogens is 1. The Bertz CT molecular complexity index is 543. The minimum Gasteiger partial charge on any atom is -0.383 e. The van der Waals surface area contributed by atoms with E-state index in [1.54, 1.807) is 0 Å². The lowest BCUT2D eigenvalue weighted by atomic mass is 9.90. The highest BCUT2D eigenvalue weighted by molar-refractivity contribution is 5.60. The third-order valence-electron chi connectivity index (χ3n) is 3.39. The molecule has 1 aromatic rings. The fraction of sp³-hybridized carbons (Fsp3) is 0.692. The number of aromatic nitrogens is 2. The Kier molecular flexibility index (Phi) is 4.80. The fourth-order valence-electron chi connectivity index (χ4n) is 1.66. The predicted molar refractivity (Wildman–Crippen MR) is 78.6 cm³/mol. The molecule has 6 heteroatoms. The summed E-state index contributed by atoms with van der Waals surface area (Å²) in [6, 6.07) is 0. The lowest BCUT2D eigenvalue weighted by Crippen LogP contribution is -2.35. The van der Waals surface area contributed by atoms with Gasteiger partial charge in [-0.2, -0.15) is 0 Å². The first kappa shape index (κ1) is 15.3. The minimum atomic E-state index is -0.457. The van der Waals surface area contributed by atoms with Gasteiger partial charge in [-0.1, -0.05) is 27.7 Å². The van der Waals surface area contributed by atoms with Crippen LogP contribution in [0, 0.1) is 5.41 Å². The van der Waals surface area contributed by atoms with Gasteiger partial charge in [0.15, 0.2) is 0 Å². The van der Waals surface area contributed by atoms with Crippen molar-refractivity contribution in [3.05, 3.63) is 20.8 Å². The molecular weight excluding hydrogens is 244 g/mol. The molecule has 0 amide bonds. The van der Waals surface area contributed by atoms with Crippen molar-refractivity contribution >= 4 is 11.5 Å². The van der Waals surface area contributed by atoms with Gasteiger partial charge in [-0.15, -0.1) is 0 Å². The largest absolute Gasteiger partial charge is 0.383 e. The summed E-state index contributed by atoms with van der Waals surface area (Å²) in [5, 5.41) is 3.07. The molecule has 0 aliphatic rings. The second-order valence-electron chi connectivity index (χ2n) is 5.54. The topological polar surface area (TPSA) is 92.9 Å². The van der Waals surface area contributed by atoms with Gasteiger partial charge in [-0.05, 0) is 18.3 Å². The zero-order chi connectivity index (χ0) is 14.6. The van der Waals surface area contributed by atoms with E-state index in [-0.39, 0.29) is 16.9 Å². The van der Waals surface area contributed by atoms with Crippen molar-refractivity contribution < 1.29 is 0 Å². The Morgan fingerprint density at radius 2 is 1.95 bits per heavy atom. The molecule has 108 valence electrons. The molecule has 6 nitrogen and oxygen atoms in total. The number of aromatic amines is 1. The van der Waals surface area contributed by atoms with Crippen LogP contribution in [0.25, 0.3) is 0 Å². The second kappa shape index (κ2) is 5.95. The Morgan fingerprint density at radius 1 is 1.32 bits per heavy atom. The van der Waals surface area contributed by atoms with Crippen molar-refractivity contribution in [3.63, 3.8) is 0 Å². The average molecular weight is 268 g/mol. The molecule has 0 radical (unpaired) electrons. The number of rotatable bonds is 6. The Morgan fingerprint density at radius 3 is 2.47 bits per heavy atom. The first-order valence-electron chi connectivity index (χ1n) is 6.69. The summed E-state index contributed by atoms with van der Waals surface area (Å²) in [5.41, 5.74) is 5.36. The van der Waals surface area contributed by atoms with Gasteiger partial charge in [0.25, 0.3) is 5.56 Å². The van der Waals surface area contributed by atoms with Crippen molar-refractivity contribution in [2.24, 2.45) is 5.41 Å². The van der Waals surface area contributed by atoms with E-state index in [4.69, 9.17) is 5.73 Å². The molecular formula is C13H24N4O2. The van der Waals surface area contributed by atoms with E-state index in [2.05, 4.69) is 31.1 Å². The maximum atomic E-state index is 11.8. The lowest BCUT2D eigenvalue weighted by molar-refractivity contribution is 0.377. The highest BCUT2D eigenvalue weighted by Crippen LogP contribution is 2.21. The number of hydrogen-bond acceptors (Lipinski definition) is 4. The predicted octanol–water partition coefficient (Wildman–Crippen LogP) is 1.38. The number of nitrogens with one attached hydrogen (secondary N) is 2. The summed E-state index contributed by atoms with van der Waals surface area (Å²) < 4.78 is 1.39. The first-order chi connectivity index (χ1) is 8.82. The molecule has 0 spiro atoms. The van der Waals surface area contributed by atoms with Crippen LogP contribution in [-0.2, 0) is 6.54 Å². The van der Waals surface area contributed by atoms with E-state index in [0.29, 0.717) is 13.1 Å². The van der Waals surface area contributed by atoms with Crippen LogP contribution in [0.3, 0.4) is 0 Å². The van der Waals surface area contributed by atoms with Crippen LogP contribution in [0.15, 0.2) is 9.59 Å². The molecule has 0 saturated heterocycles. The molecule has 1 rings (SSSR count). The molecule has 0 atom stereocenters. The summed E-state index contributed by atoms with van der Waals surface area (Å²) in [6.07, 6.45) is 1.75. The molecule has 0 aromatic carbocycles. The Labute approximate surface area is 113 Å². The Hall–Kier alpha value is -1.72. The number of nitrogens with zero attached hydrogens (tertiary/aromatic N) is 1. The molecule has 0 fully saturated rings. The first-order valence-corrected chi connectivity index (χ1v) is 6.69. The second-order valence-corrected chi connectivity index (χ2v) is 5.54. The van der Waals surface area contributed by atoms with Gasteiger partial charge >= 0.3 is 5.69 Å². The Balaban J connectivity index is 3.11. The minimum absolute atomic E-state index is 0.0601. The van der Waals surface area contributed by atoms with E-state index in [1.165, 1.54) is 4.57 Å². The van der Waals surface area contributed by atoms with Gasteiger partial charge in [0.1, 0.15) is 11.5 Å². The van der Waals surface area contributed by atoms with E-state index < -0.39 is 11.2 Å². The maximum absolute atomic E-state index is 11.8. The number of nitrogens with two attached hydrogens (primary N) is 1. The molecule has 0 aliphatic heterocycles. The summed E-state index contributed by atoms with van der Waals surface area (Å²) in [7, 11) is 0. The normalized spacial score (nSPS) is 11.6. The highest BCUT2D eigenvalue weighted by Gasteiger charge is 2.18. The molecule has 1 heterocycles. The van der Waals surface area contributed by atoms with Crippen molar-refractivity contribution in [1.29, 1.82) is 0 Å². The molecule has 19 heavy (non-hydrogen) atoms. The molecule has 0 unspecified atom stereocenters. The zero-order valence-electron chi connectivity index (χ0n) is 12.2. The van der Waals surface area contributed by atoms with Crippen LogP contribution in [0.2, 0.25) is 0 Å². The molecule has 0 bridgehead atoms. The smallest absolute Gasteiger partial charge is 0.330 e. The summed E-state index contributed by atoms with van der Waals surface area (Å²) in [6.45, 7) is 9.37. The summed E-state index contributed by atoms with van der Waals surface area (Å²) in [5.74, 6) is 0.211. The van der Waals surface area contributed by atoms with Crippen LogP contribution < -0.4 is 22.3 Å². The number of nitrogen functional groups attached to an aromatic ring is 1.